The van der Waals surface area contributed by atoms with Crippen LogP contribution in [0.1, 0.15) is 20.3 Å². The molecule has 0 fully saturated rings. The van der Waals surface area contributed by atoms with E-state index < -0.39 is 5.92 Å². The van der Waals surface area contributed by atoms with E-state index in [-0.39, 0.29) is 23.3 Å². The molecule has 0 aromatic heterocycles. The number of hydrogen-bond acceptors (Lipinski definition) is 3. The van der Waals surface area contributed by atoms with Gasteiger partial charge in [0.25, 0.3) is 0 Å². The van der Waals surface area contributed by atoms with E-state index in [1.165, 1.54) is 9.80 Å². The van der Waals surface area contributed by atoms with E-state index in [1.807, 2.05) is 6.92 Å². The van der Waals surface area contributed by atoms with Crippen molar-refractivity contribution in [2.24, 2.45) is 11.7 Å². The molecule has 98 valence electrons. The number of nitrogens with two attached hydrogens (primary N) is 1. The van der Waals surface area contributed by atoms with Gasteiger partial charge in [-0.15, -0.1) is 0 Å². The van der Waals surface area contributed by atoms with Crippen LogP contribution in [0.2, 0.25) is 0 Å². The number of carbonyl (C=O) groups is 2. The lowest BCUT2D eigenvalue weighted by Crippen LogP contribution is -2.45. The van der Waals surface area contributed by atoms with E-state index in [1.54, 1.807) is 21.0 Å². The third-order valence-corrected chi connectivity index (χ3v) is 2.78. The lowest BCUT2D eigenvalue weighted by molar-refractivity contribution is -0.140. The summed E-state index contributed by atoms with van der Waals surface area (Å²) in [6, 6.07) is 0. The summed E-state index contributed by atoms with van der Waals surface area (Å²) in [6.45, 7) is 4.22. The van der Waals surface area contributed by atoms with Gasteiger partial charge in [-0.05, 0) is 13.3 Å². The molecule has 0 bridgehead atoms. The molecule has 6 heteroatoms. The smallest absolute Gasteiger partial charge is 0.241 e. The molecule has 0 aromatic carbocycles. The van der Waals surface area contributed by atoms with Crippen LogP contribution in [0.5, 0.6) is 0 Å². The summed E-state index contributed by atoms with van der Waals surface area (Å²) < 4.78 is 0. The topological polar surface area (TPSA) is 66.6 Å². The minimum atomic E-state index is -0.522. The highest BCUT2D eigenvalue weighted by molar-refractivity contribution is 7.80. The van der Waals surface area contributed by atoms with Crippen LogP contribution >= 0.6 is 12.2 Å². The molecule has 0 heterocycles. The monoisotopic (exact) mass is 259 g/mol. The Kier molecular flexibility index (Phi) is 6.72. The fourth-order valence-corrected chi connectivity index (χ4v) is 1.34. The van der Waals surface area contributed by atoms with Crippen LogP contribution < -0.4 is 5.73 Å². The summed E-state index contributed by atoms with van der Waals surface area (Å²) in [5, 5.41) is 0. The van der Waals surface area contributed by atoms with Gasteiger partial charge in [0.1, 0.15) is 0 Å². The van der Waals surface area contributed by atoms with Gasteiger partial charge in [-0.3, -0.25) is 9.59 Å². The maximum atomic E-state index is 12.0. The molecule has 0 saturated heterocycles. The second-order valence-corrected chi connectivity index (χ2v) is 4.64. The van der Waals surface area contributed by atoms with Gasteiger partial charge >= 0.3 is 0 Å². The molecule has 1 atom stereocenters. The highest BCUT2D eigenvalue weighted by atomic mass is 32.1. The maximum absolute atomic E-state index is 12.0. The van der Waals surface area contributed by atoms with Gasteiger partial charge in [-0.25, -0.2) is 0 Å². The van der Waals surface area contributed by atoms with Crippen molar-refractivity contribution in [3.05, 3.63) is 0 Å². The van der Waals surface area contributed by atoms with Gasteiger partial charge in [-0.1, -0.05) is 19.1 Å². The summed E-state index contributed by atoms with van der Waals surface area (Å²) in [6.07, 6.45) is 0.788. The maximum Gasteiger partial charge on any atom is 0.241 e. The largest absolute Gasteiger partial charge is 0.393 e. The molecule has 0 saturated carbocycles. The first-order valence-electron chi connectivity index (χ1n) is 5.59. The Hall–Kier alpha value is -1.17. The van der Waals surface area contributed by atoms with E-state index in [9.17, 15) is 9.59 Å². The molecule has 5 nitrogen and oxygen atoms in total. The van der Waals surface area contributed by atoms with Crippen molar-refractivity contribution in [1.82, 2.24) is 9.80 Å². The highest BCUT2D eigenvalue weighted by Gasteiger charge is 2.24. The molecule has 0 radical (unpaired) electrons. The number of likely N-dealkylation sites (N-methyl/N-ethyl adjacent to an activating group) is 1. The fourth-order valence-electron chi connectivity index (χ4n) is 1.24. The zero-order chi connectivity index (χ0) is 13.6. The van der Waals surface area contributed by atoms with E-state index in [2.05, 4.69) is 0 Å². The van der Waals surface area contributed by atoms with Crippen molar-refractivity contribution in [3.8, 4) is 0 Å². The molecule has 17 heavy (non-hydrogen) atoms. The standard InChI is InChI=1S/C11H21N3O2S/c1-5-6-14(7-9(15)13(3)4)11(16)8(2)10(12)17/h8H,5-7H2,1-4H3,(H2,12,17). The molecule has 1 unspecified atom stereocenters. The third kappa shape index (κ3) is 5.12. The second-order valence-electron chi connectivity index (χ2n) is 4.17. The summed E-state index contributed by atoms with van der Waals surface area (Å²) >= 11 is 4.80. The fraction of sp³-hybridized carbons (Fsp3) is 0.727. The van der Waals surface area contributed by atoms with Crippen LogP contribution in [0.3, 0.4) is 0 Å². The van der Waals surface area contributed by atoms with Crippen molar-refractivity contribution < 1.29 is 9.59 Å². The number of hydrogen-bond donors (Lipinski definition) is 1. The predicted molar refractivity (Wildman–Crippen MR) is 71.5 cm³/mol. The SMILES string of the molecule is CCCN(CC(=O)N(C)C)C(=O)C(C)C(N)=S. The molecular formula is C11H21N3O2S. The number of amides is 2. The number of nitrogens with zero attached hydrogens (tertiary/aromatic N) is 2. The number of rotatable bonds is 6. The number of carbonyl (C=O) groups excluding carboxylic acids is 2. The Bertz CT molecular complexity index is 305. The van der Waals surface area contributed by atoms with Crippen molar-refractivity contribution >= 4 is 29.0 Å². The van der Waals surface area contributed by atoms with Crippen molar-refractivity contribution in [2.75, 3.05) is 27.2 Å². The van der Waals surface area contributed by atoms with Gasteiger partial charge in [0.2, 0.25) is 11.8 Å². The minimum Gasteiger partial charge on any atom is -0.393 e. The normalized spacial score (nSPS) is 11.8. The van der Waals surface area contributed by atoms with E-state index >= 15 is 0 Å². The first-order valence-corrected chi connectivity index (χ1v) is 6.00. The van der Waals surface area contributed by atoms with Crippen LogP contribution in [0, 0.1) is 5.92 Å². The summed E-state index contributed by atoms with van der Waals surface area (Å²) in [5.41, 5.74) is 5.45. The minimum absolute atomic E-state index is 0.0760. The zero-order valence-corrected chi connectivity index (χ0v) is 11.7. The highest BCUT2D eigenvalue weighted by Crippen LogP contribution is 2.05. The van der Waals surface area contributed by atoms with Crippen LogP contribution in [0.15, 0.2) is 0 Å². The average molecular weight is 259 g/mol. The first-order chi connectivity index (χ1) is 7.81. The Balaban J connectivity index is 4.67. The molecule has 0 aliphatic carbocycles. The molecule has 0 aliphatic rings. The lowest BCUT2D eigenvalue weighted by Gasteiger charge is -2.25. The summed E-state index contributed by atoms with van der Waals surface area (Å²) in [7, 11) is 3.32. The molecule has 2 N–H and O–H groups in total. The van der Waals surface area contributed by atoms with Crippen molar-refractivity contribution in [3.63, 3.8) is 0 Å². The number of thiocarbonyl (C=S) groups is 1. The Morgan fingerprint density at radius 3 is 2.24 bits per heavy atom. The van der Waals surface area contributed by atoms with Crippen LogP contribution in [0.25, 0.3) is 0 Å². The molecule has 0 spiro atoms. The molecule has 0 rings (SSSR count). The van der Waals surface area contributed by atoms with Crippen molar-refractivity contribution in [1.29, 1.82) is 0 Å². The van der Waals surface area contributed by atoms with Crippen molar-refractivity contribution in [2.45, 2.75) is 20.3 Å². The van der Waals surface area contributed by atoms with E-state index in [0.717, 1.165) is 6.42 Å². The molecule has 0 aromatic rings. The van der Waals surface area contributed by atoms with E-state index in [0.29, 0.717) is 6.54 Å². The third-order valence-electron chi connectivity index (χ3n) is 2.43. The Morgan fingerprint density at radius 1 is 1.35 bits per heavy atom. The van der Waals surface area contributed by atoms with Gasteiger partial charge in [0.15, 0.2) is 0 Å². The molecule has 2 amide bonds. The van der Waals surface area contributed by atoms with Gasteiger partial charge in [0.05, 0.1) is 17.5 Å². The van der Waals surface area contributed by atoms with Crippen LogP contribution in [-0.4, -0.2) is 53.8 Å². The van der Waals surface area contributed by atoms with Gasteiger partial charge < -0.3 is 15.5 Å². The van der Waals surface area contributed by atoms with Gasteiger partial charge in [-0.2, -0.15) is 0 Å². The summed E-state index contributed by atoms with van der Waals surface area (Å²) in [4.78, 5) is 26.7. The second kappa shape index (κ2) is 7.21. The van der Waals surface area contributed by atoms with Crippen LogP contribution in [-0.2, 0) is 9.59 Å². The molecular weight excluding hydrogens is 238 g/mol. The van der Waals surface area contributed by atoms with Crippen LogP contribution in [0.4, 0.5) is 0 Å². The first kappa shape index (κ1) is 15.8. The van der Waals surface area contributed by atoms with E-state index in [4.69, 9.17) is 18.0 Å². The quantitative estimate of drug-likeness (QED) is 0.694. The lowest BCUT2D eigenvalue weighted by atomic mass is 10.1. The Labute approximate surface area is 108 Å². The average Bonchev–Trinajstić information content (AvgIpc) is 2.25. The zero-order valence-electron chi connectivity index (χ0n) is 10.9. The predicted octanol–water partition coefficient (Wildman–Crippen LogP) is 0.235. The molecule has 0 aliphatic heterocycles. The van der Waals surface area contributed by atoms with Gasteiger partial charge in [0, 0.05) is 20.6 Å². The Morgan fingerprint density at radius 2 is 1.88 bits per heavy atom. The summed E-state index contributed by atoms with van der Waals surface area (Å²) in [5.74, 6) is -0.817.